The Morgan fingerprint density at radius 3 is 2.76 bits per heavy atom. The molecule has 0 unspecified atom stereocenters. The molecule has 2 fully saturated rings. The molecule has 0 bridgehead atoms. The number of amides is 1. The highest BCUT2D eigenvalue weighted by atomic mass is 16.4. The lowest BCUT2D eigenvalue weighted by Crippen LogP contribution is -2.61. The highest BCUT2D eigenvalue weighted by Gasteiger charge is 2.57. The lowest BCUT2D eigenvalue weighted by molar-refractivity contribution is -0.161. The number of carbonyl (C=O) groups excluding carboxylic acids is 1. The number of carboxylic acid groups (broad SMARTS) is 1. The van der Waals surface area contributed by atoms with E-state index in [-0.39, 0.29) is 23.6 Å². The van der Waals surface area contributed by atoms with Gasteiger partial charge in [-0.1, -0.05) is 0 Å². The van der Waals surface area contributed by atoms with E-state index in [2.05, 4.69) is 0 Å². The summed E-state index contributed by atoms with van der Waals surface area (Å²) in [6, 6.07) is -0.215. The minimum Gasteiger partial charge on any atom is -0.477 e. The standard InChI is InChI=1S/C14H19N3O4/c1-7(18)11-10-4-9(8-2-3-16(5-8)6-15)12(14(20)21)17(10)13(11)19/h6-8,10-11,15,18H,2-5H2,1H3,(H,20,21)/t7-,8-,10-,11-/m1/s1. The first-order valence-electron chi connectivity index (χ1n) is 7.17. The molecule has 3 rings (SSSR count). The third kappa shape index (κ3) is 1.95. The van der Waals surface area contributed by atoms with Crippen LogP contribution in [0.25, 0.3) is 0 Å². The number of aliphatic hydroxyl groups is 1. The smallest absolute Gasteiger partial charge is 0.352 e. The van der Waals surface area contributed by atoms with Crippen molar-refractivity contribution in [2.45, 2.75) is 31.9 Å². The molecule has 0 aliphatic carbocycles. The summed E-state index contributed by atoms with van der Waals surface area (Å²) in [5, 5.41) is 26.4. The number of hydrogen-bond donors (Lipinski definition) is 3. The molecule has 4 atom stereocenters. The van der Waals surface area contributed by atoms with Gasteiger partial charge in [-0.3, -0.25) is 10.2 Å². The number of hydrogen-bond acceptors (Lipinski definition) is 4. The maximum Gasteiger partial charge on any atom is 0.352 e. The SMILES string of the molecule is C[C@@H](O)[C@H]1C(=O)N2C(C(=O)O)=C([C@@H]3CCN(C=N)C3)C[C@H]12. The van der Waals surface area contributed by atoms with Crippen molar-refractivity contribution < 1.29 is 19.8 Å². The van der Waals surface area contributed by atoms with E-state index in [0.717, 1.165) is 18.5 Å². The van der Waals surface area contributed by atoms with Crippen LogP contribution < -0.4 is 0 Å². The number of aliphatic carboxylic acids is 1. The van der Waals surface area contributed by atoms with Crippen LogP contribution in [-0.2, 0) is 9.59 Å². The van der Waals surface area contributed by atoms with Gasteiger partial charge in [-0.25, -0.2) is 4.79 Å². The fraction of sp³-hybridized carbons (Fsp3) is 0.643. The zero-order valence-electron chi connectivity index (χ0n) is 11.8. The average Bonchev–Trinajstić information content (AvgIpc) is 2.99. The monoisotopic (exact) mass is 293 g/mol. The van der Waals surface area contributed by atoms with Crippen LogP contribution in [0.1, 0.15) is 19.8 Å². The number of likely N-dealkylation sites (tertiary alicyclic amines) is 1. The molecule has 0 aromatic rings. The first-order valence-corrected chi connectivity index (χ1v) is 7.17. The van der Waals surface area contributed by atoms with Crippen molar-refractivity contribution in [3.63, 3.8) is 0 Å². The van der Waals surface area contributed by atoms with Crippen LogP contribution in [0, 0.1) is 17.2 Å². The minimum absolute atomic E-state index is 0.0748. The van der Waals surface area contributed by atoms with Crippen LogP contribution in [-0.4, -0.2) is 63.5 Å². The lowest BCUT2D eigenvalue weighted by atomic mass is 9.82. The molecule has 0 saturated carbocycles. The number of aliphatic hydroxyl groups excluding tert-OH is 1. The second-order valence-corrected chi connectivity index (χ2v) is 6.03. The summed E-state index contributed by atoms with van der Waals surface area (Å²) >= 11 is 0. The lowest BCUT2D eigenvalue weighted by Gasteiger charge is -2.44. The molecule has 7 nitrogen and oxygen atoms in total. The van der Waals surface area contributed by atoms with E-state index in [1.54, 1.807) is 6.92 Å². The molecule has 3 N–H and O–H groups in total. The number of β-lactam (4-membered cyclic amide) rings is 1. The van der Waals surface area contributed by atoms with Crippen LogP contribution in [0.3, 0.4) is 0 Å². The van der Waals surface area contributed by atoms with Crippen LogP contribution in [0.4, 0.5) is 0 Å². The molecule has 0 spiro atoms. The molecular formula is C14H19N3O4. The Morgan fingerprint density at radius 1 is 1.52 bits per heavy atom. The van der Waals surface area contributed by atoms with Crippen molar-refractivity contribution in [1.82, 2.24) is 9.80 Å². The molecule has 3 heterocycles. The molecule has 114 valence electrons. The summed E-state index contributed by atoms with van der Waals surface area (Å²) in [5.74, 6) is -1.77. The van der Waals surface area contributed by atoms with Crippen molar-refractivity contribution in [2.75, 3.05) is 13.1 Å². The molecule has 3 aliphatic rings. The highest BCUT2D eigenvalue weighted by molar-refractivity contribution is 5.99. The third-order valence-corrected chi connectivity index (χ3v) is 4.86. The van der Waals surface area contributed by atoms with Crippen molar-refractivity contribution in [1.29, 1.82) is 5.41 Å². The highest BCUT2D eigenvalue weighted by Crippen LogP contribution is 2.47. The van der Waals surface area contributed by atoms with Gasteiger partial charge in [0.15, 0.2) is 0 Å². The van der Waals surface area contributed by atoms with Gasteiger partial charge in [0.25, 0.3) is 0 Å². The van der Waals surface area contributed by atoms with E-state index in [0.29, 0.717) is 13.0 Å². The maximum absolute atomic E-state index is 12.1. The van der Waals surface area contributed by atoms with E-state index >= 15 is 0 Å². The second-order valence-electron chi connectivity index (χ2n) is 6.03. The fourth-order valence-electron chi connectivity index (χ4n) is 3.86. The number of carboxylic acids is 1. The molecule has 3 aliphatic heterocycles. The Labute approximate surface area is 122 Å². The number of carbonyl (C=O) groups is 2. The summed E-state index contributed by atoms with van der Waals surface area (Å²) in [6.07, 6.45) is 1.85. The van der Waals surface area contributed by atoms with Crippen molar-refractivity contribution in [3.8, 4) is 0 Å². The predicted octanol–water partition coefficient (Wildman–Crippen LogP) is -0.134. The summed E-state index contributed by atoms with van der Waals surface area (Å²) in [6.45, 7) is 2.94. The zero-order chi connectivity index (χ0) is 15.3. The van der Waals surface area contributed by atoms with E-state index in [1.807, 2.05) is 4.90 Å². The molecular weight excluding hydrogens is 274 g/mol. The van der Waals surface area contributed by atoms with Gasteiger partial charge < -0.3 is 20.0 Å². The van der Waals surface area contributed by atoms with Gasteiger partial charge in [0.05, 0.1) is 24.4 Å². The van der Waals surface area contributed by atoms with Crippen LogP contribution in [0.15, 0.2) is 11.3 Å². The number of nitrogens with one attached hydrogen (secondary N) is 1. The Hall–Kier alpha value is -1.89. The maximum atomic E-state index is 12.1. The van der Waals surface area contributed by atoms with Crippen LogP contribution >= 0.6 is 0 Å². The van der Waals surface area contributed by atoms with Crippen molar-refractivity contribution >= 4 is 18.2 Å². The van der Waals surface area contributed by atoms with Crippen LogP contribution in [0.2, 0.25) is 0 Å². The van der Waals surface area contributed by atoms with E-state index in [4.69, 9.17) is 5.41 Å². The second kappa shape index (κ2) is 4.84. The first-order chi connectivity index (χ1) is 9.95. The largest absolute Gasteiger partial charge is 0.477 e. The Balaban J connectivity index is 1.88. The average molecular weight is 293 g/mol. The van der Waals surface area contributed by atoms with Gasteiger partial charge in [-0.15, -0.1) is 0 Å². The van der Waals surface area contributed by atoms with Crippen LogP contribution in [0.5, 0.6) is 0 Å². The van der Waals surface area contributed by atoms with Crippen molar-refractivity contribution in [3.05, 3.63) is 11.3 Å². The Kier molecular flexibility index (Phi) is 3.24. The molecule has 0 aromatic carbocycles. The van der Waals surface area contributed by atoms with Gasteiger partial charge >= 0.3 is 5.97 Å². The fourth-order valence-corrected chi connectivity index (χ4v) is 3.86. The third-order valence-electron chi connectivity index (χ3n) is 4.86. The summed E-state index contributed by atoms with van der Waals surface area (Å²) < 4.78 is 0. The topological polar surface area (TPSA) is 105 Å². The Morgan fingerprint density at radius 2 is 2.24 bits per heavy atom. The van der Waals surface area contributed by atoms with Gasteiger partial charge in [-0.2, -0.15) is 0 Å². The van der Waals surface area contributed by atoms with Crippen molar-refractivity contribution in [2.24, 2.45) is 11.8 Å². The van der Waals surface area contributed by atoms with Gasteiger partial charge in [0.1, 0.15) is 5.70 Å². The quantitative estimate of drug-likeness (QED) is 0.380. The molecule has 1 amide bonds. The summed E-state index contributed by atoms with van der Waals surface area (Å²) in [4.78, 5) is 26.9. The summed E-state index contributed by atoms with van der Waals surface area (Å²) in [7, 11) is 0. The van der Waals surface area contributed by atoms with Gasteiger partial charge in [0.2, 0.25) is 5.91 Å². The van der Waals surface area contributed by atoms with E-state index in [9.17, 15) is 19.8 Å². The number of rotatable bonds is 4. The summed E-state index contributed by atoms with van der Waals surface area (Å²) in [5.41, 5.74) is 0.909. The number of fused-ring (bicyclic) bond motifs is 1. The molecule has 2 saturated heterocycles. The normalized spacial score (nSPS) is 33.0. The minimum atomic E-state index is -1.07. The van der Waals surface area contributed by atoms with Gasteiger partial charge in [0, 0.05) is 19.0 Å². The molecule has 0 aromatic heterocycles. The Bertz CT molecular complexity index is 542. The van der Waals surface area contributed by atoms with Gasteiger partial charge in [-0.05, 0) is 25.3 Å². The van der Waals surface area contributed by atoms with E-state index < -0.39 is 18.0 Å². The zero-order valence-corrected chi connectivity index (χ0v) is 11.8. The predicted molar refractivity (Wildman–Crippen MR) is 73.5 cm³/mol. The van der Waals surface area contributed by atoms with E-state index in [1.165, 1.54) is 11.2 Å². The first kappa shape index (κ1) is 14.1. The molecule has 7 heteroatoms. The number of nitrogens with zero attached hydrogens (tertiary/aromatic N) is 2. The molecule has 21 heavy (non-hydrogen) atoms. The molecule has 0 radical (unpaired) electrons.